The Morgan fingerprint density at radius 2 is 2.28 bits per heavy atom. The first-order valence-corrected chi connectivity index (χ1v) is 7.50. The summed E-state index contributed by atoms with van der Waals surface area (Å²) in [6.45, 7) is 0.0779. The van der Waals surface area contributed by atoms with Gasteiger partial charge >= 0.3 is 0 Å². The van der Waals surface area contributed by atoms with E-state index in [0.29, 0.717) is 4.47 Å². The largest absolute Gasteiger partial charge is 0.396 e. The van der Waals surface area contributed by atoms with Crippen LogP contribution in [-0.2, 0) is 14.8 Å². The monoisotopic (exact) mass is 338 g/mol. The minimum Gasteiger partial charge on any atom is -0.396 e. The molecule has 0 amide bonds. The zero-order valence-electron chi connectivity index (χ0n) is 9.84. The van der Waals surface area contributed by atoms with Crippen LogP contribution in [0.2, 0.25) is 0 Å². The van der Waals surface area contributed by atoms with Crippen LogP contribution in [0.1, 0.15) is 6.42 Å². The van der Waals surface area contributed by atoms with Crippen molar-refractivity contribution in [3.8, 4) is 0 Å². The molecule has 102 valence electrons. The first-order valence-electron chi connectivity index (χ1n) is 5.22. The van der Waals surface area contributed by atoms with E-state index < -0.39 is 16.1 Å². The zero-order chi connectivity index (χ0) is 13.6. The number of methoxy groups -OCH3 is 1. The Labute approximate surface area is 115 Å². The molecule has 0 aliphatic rings. The molecular weight excluding hydrogens is 324 g/mol. The summed E-state index contributed by atoms with van der Waals surface area (Å²) in [5, 5.41) is 8.86. The number of hydrogen-bond acceptors (Lipinski definition) is 5. The molecule has 0 fully saturated rings. The Bertz CT molecular complexity index is 475. The highest BCUT2D eigenvalue weighted by atomic mass is 79.9. The first kappa shape index (κ1) is 15.5. The Hall–Kier alpha value is -0.540. The molecule has 1 rings (SSSR count). The quantitative estimate of drug-likeness (QED) is 0.756. The second kappa shape index (κ2) is 7.15. The van der Waals surface area contributed by atoms with Gasteiger partial charge in [0.15, 0.2) is 0 Å². The van der Waals surface area contributed by atoms with E-state index in [0.717, 1.165) is 0 Å². The van der Waals surface area contributed by atoms with E-state index in [-0.39, 0.29) is 24.5 Å². The Balaban J connectivity index is 2.86. The number of aromatic nitrogens is 1. The molecule has 1 heterocycles. The van der Waals surface area contributed by atoms with Crippen molar-refractivity contribution in [1.82, 2.24) is 9.71 Å². The van der Waals surface area contributed by atoms with Gasteiger partial charge in [-0.05, 0) is 28.4 Å². The number of rotatable bonds is 7. The van der Waals surface area contributed by atoms with Crippen LogP contribution in [0.25, 0.3) is 0 Å². The number of nitrogens with zero attached hydrogens (tertiary/aromatic N) is 1. The highest BCUT2D eigenvalue weighted by Gasteiger charge is 2.20. The molecule has 0 aliphatic carbocycles. The van der Waals surface area contributed by atoms with Gasteiger partial charge in [-0.1, -0.05) is 0 Å². The molecule has 0 aliphatic heterocycles. The van der Waals surface area contributed by atoms with Crippen LogP contribution < -0.4 is 4.72 Å². The molecular formula is C10H15BrN2O4S. The molecule has 0 bridgehead atoms. The first-order chi connectivity index (χ1) is 8.49. The normalized spacial score (nSPS) is 13.5. The Morgan fingerprint density at radius 1 is 1.56 bits per heavy atom. The number of nitrogens with one attached hydrogen (secondary N) is 1. The van der Waals surface area contributed by atoms with E-state index in [9.17, 15) is 8.42 Å². The van der Waals surface area contributed by atoms with E-state index in [2.05, 4.69) is 25.6 Å². The summed E-state index contributed by atoms with van der Waals surface area (Å²) < 4.78 is 32.0. The molecule has 18 heavy (non-hydrogen) atoms. The van der Waals surface area contributed by atoms with Gasteiger partial charge in [-0.25, -0.2) is 13.1 Å². The second-order valence-electron chi connectivity index (χ2n) is 3.62. The molecule has 2 N–H and O–H groups in total. The van der Waals surface area contributed by atoms with Gasteiger partial charge in [-0.3, -0.25) is 4.98 Å². The van der Waals surface area contributed by atoms with Crippen LogP contribution in [0.15, 0.2) is 27.8 Å². The van der Waals surface area contributed by atoms with Gasteiger partial charge in [-0.15, -0.1) is 0 Å². The summed E-state index contributed by atoms with van der Waals surface area (Å²) in [5.74, 6) is 0. The minimum atomic E-state index is -3.66. The fourth-order valence-corrected chi connectivity index (χ4v) is 3.12. The fraction of sp³-hybridized carbons (Fsp3) is 0.500. The predicted molar refractivity (Wildman–Crippen MR) is 69.6 cm³/mol. The third-order valence-corrected chi connectivity index (χ3v) is 4.08. The van der Waals surface area contributed by atoms with Crippen LogP contribution in [0.4, 0.5) is 0 Å². The highest BCUT2D eigenvalue weighted by Crippen LogP contribution is 2.14. The molecule has 0 radical (unpaired) electrons. The summed E-state index contributed by atoms with van der Waals surface area (Å²) in [6.07, 6.45) is 3.05. The third-order valence-electron chi connectivity index (χ3n) is 2.16. The highest BCUT2D eigenvalue weighted by molar-refractivity contribution is 9.10. The van der Waals surface area contributed by atoms with Gasteiger partial charge in [0.05, 0.1) is 6.61 Å². The zero-order valence-corrected chi connectivity index (χ0v) is 12.2. The number of halogens is 1. The van der Waals surface area contributed by atoms with Gasteiger partial charge in [0.25, 0.3) is 0 Å². The van der Waals surface area contributed by atoms with Crippen LogP contribution in [0.5, 0.6) is 0 Å². The summed E-state index contributed by atoms with van der Waals surface area (Å²) in [7, 11) is -2.19. The van der Waals surface area contributed by atoms with Gasteiger partial charge in [0.1, 0.15) is 4.90 Å². The summed E-state index contributed by atoms with van der Waals surface area (Å²) >= 11 is 3.16. The molecule has 6 nitrogen and oxygen atoms in total. The van der Waals surface area contributed by atoms with Crippen molar-refractivity contribution in [2.24, 2.45) is 0 Å². The molecule has 0 saturated heterocycles. The van der Waals surface area contributed by atoms with Crippen molar-refractivity contribution < 1.29 is 18.3 Å². The molecule has 0 aromatic carbocycles. The maximum atomic E-state index is 12.0. The van der Waals surface area contributed by atoms with Gasteiger partial charge in [-0.2, -0.15) is 0 Å². The number of aliphatic hydroxyl groups is 1. The van der Waals surface area contributed by atoms with Crippen molar-refractivity contribution in [1.29, 1.82) is 0 Å². The van der Waals surface area contributed by atoms with Crippen molar-refractivity contribution >= 4 is 26.0 Å². The Morgan fingerprint density at radius 3 is 2.83 bits per heavy atom. The van der Waals surface area contributed by atoms with E-state index in [1.807, 2.05) is 0 Å². The minimum absolute atomic E-state index is 0.0657. The molecule has 1 unspecified atom stereocenters. The van der Waals surface area contributed by atoms with E-state index in [1.165, 1.54) is 25.6 Å². The third kappa shape index (κ3) is 4.62. The van der Waals surface area contributed by atoms with E-state index in [1.54, 1.807) is 0 Å². The molecule has 1 aromatic heterocycles. The summed E-state index contributed by atoms with van der Waals surface area (Å²) in [5.41, 5.74) is 0. The lowest BCUT2D eigenvalue weighted by molar-refractivity contribution is 0.158. The number of hydrogen-bond donors (Lipinski definition) is 2. The van der Waals surface area contributed by atoms with E-state index in [4.69, 9.17) is 9.84 Å². The standard InChI is InChI=1S/C10H15BrN2O4S/c1-17-7-9(2-3-14)13-18(15,16)10-4-8(11)5-12-6-10/h4-6,9,13-14H,2-3,7H2,1H3. The van der Waals surface area contributed by atoms with Gasteiger partial charge in [0, 0.05) is 36.6 Å². The topological polar surface area (TPSA) is 88.5 Å². The van der Waals surface area contributed by atoms with Crippen LogP contribution in [0, 0.1) is 0 Å². The smallest absolute Gasteiger partial charge is 0.242 e. The van der Waals surface area contributed by atoms with Crippen molar-refractivity contribution in [3.63, 3.8) is 0 Å². The molecule has 0 saturated carbocycles. The number of aliphatic hydroxyl groups excluding tert-OH is 1. The van der Waals surface area contributed by atoms with Crippen LogP contribution in [0.3, 0.4) is 0 Å². The average Bonchev–Trinajstić information content (AvgIpc) is 2.29. The number of ether oxygens (including phenoxy) is 1. The summed E-state index contributed by atoms with van der Waals surface area (Å²) in [4.78, 5) is 3.87. The number of pyridine rings is 1. The average molecular weight is 339 g/mol. The van der Waals surface area contributed by atoms with Crippen molar-refractivity contribution in [2.75, 3.05) is 20.3 Å². The van der Waals surface area contributed by atoms with E-state index >= 15 is 0 Å². The second-order valence-corrected chi connectivity index (χ2v) is 6.25. The maximum Gasteiger partial charge on any atom is 0.242 e. The predicted octanol–water partition coefficient (Wildman–Crippen LogP) is 0.520. The van der Waals surface area contributed by atoms with Gasteiger partial charge < -0.3 is 9.84 Å². The maximum absolute atomic E-state index is 12.0. The van der Waals surface area contributed by atoms with Gasteiger partial charge in [0.2, 0.25) is 10.0 Å². The lowest BCUT2D eigenvalue weighted by Gasteiger charge is -2.16. The summed E-state index contributed by atoms with van der Waals surface area (Å²) in [6, 6.07) is 0.988. The molecule has 1 aromatic rings. The fourth-order valence-electron chi connectivity index (χ4n) is 1.36. The molecule has 0 spiro atoms. The Kier molecular flexibility index (Phi) is 6.16. The van der Waals surface area contributed by atoms with Crippen molar-refractivity contribution in [3.05, 3.63) is 22.9 Å². The lowest BCUT2D eigenvalue weighted by atomic mass is 10.2. The SMILES string of the molecule is COCC(CCO)NS(=O)(=O)c1cncc(Br)c1. The lowest BCUT2D eigenvalue weighted by Crippen LogP contribution is -2.38. The van der Waals surface area contributed by atoms with Crippen molar-refractivity contribution in [2.45, 2.75) is 17.4 Å². The van der Waals surface area contributed by atoms with Crippen LogP contribution in [-0.4, -0.2) is 44.9 Å². The molecule has 1 atom stereocenters. The number of sulfonamides is 1. The molecule has 8 heteroatoms. The van der Waals surface area contributed by atoms with Crippen LogP contribution >= 0.6 is 15.9 Å².